The minimum absolute atomic E-state index is 0.00733. The van der Waals surface area contributed by atoms with Crippen LogP contribution in [0.15, 0.2) is 18.2 Å². The largest absolute Gasteiger partial charge is 0.341 e. The van der Waals surface area contributed by atoms with Crippen molar-refractivity contribution in [2.75, 3.05) is 26.2 Å². The fourth-order valence-electron chi connectivity index (χ4n) is 3.75. The van der Waals surface area contributed by atoms with Crippen LogP contribution >= 0.6 is 0 Å². The van der Waals surface area contributed by atoms with Crippen LogP contribution in [0.5, 0.6) is 0 Å². The van der Waals surface area contributed by atoms with Gasteiger partial charge in [0.25, 0.3) is 0 Å². The SMILES string of the molecule is O=C1CCCN1CC(=O)N1CCC[C@H](CCc2ccc(F)cc2F)C1. The van der Waals surface area contributed by atoms with Gasteiger partial charge in [-0.05, 0) is 49.7 Å². The average Bonchev–Trinajstić information content (AvgIpc) is 2.99. The maximum Gasteiger partial charge on any atom is 0.242 e. The predicted octanol–water partition coefficient (Wildman–Crippen LogP) is 2.76. The average molecular weight is 350 g/mol. The van der Waals surface area contributed by atoms with Crippen LogP contribution in [0, 0.1) is 17.6 Å². The fourth-order valence-corrected chi connectivity index (χ4v) is 3.75. The maximum absolute atomic E-state index is 13.7. The van der Waals surface area contributed by atoms with Crippen LogP contribution in [-0.2, 0) is 16.0 Å². The van der Waals surface area contributed by atoms with Crippen molar-refractivity contribution >= 4 is 11.8 Å². The van der Waals surface area contributed by atoms with E-state index in [4.69, 9.17) is 0 Å². The number of likely N-dealkylation sites (tertiary alicyclic amines) is 2. The first-order valence-electron chi connectivity index (χ1n) is 9.02. The molecule has 0 N–H and O–H groups in total. The van der Waals surface area contributed by atoms with Crippen molar-refractivity contribution in [1.82, 2.24) is 9.80 Å². The summed E-state index contributed by atoms with van der Waals surface area (Å²) in [6.07, 6.45) is 4.63. The van der Waals surface area contributed by atoms with Gasteiger partial charge in [-0.1, -0.05) is 6.07 Å². The highest BCUT2D eigenvalue weighted by Crippen LogP contribution is 2.23. The molecule has 3 rings (SSSR count). The second-order valence-electron chi connectivity index (χ2n) is 7.04. The zero-order valence-electron chi connectivity index (χ0n) is 14.3. The molecule has 2 aliphatic rings. The lowest BCUT2D eigenvalue weighted by molar-refractivity contribution is -0.139. The van der Waals surface area contributed by atoms with Crippen LogP contribution in [0.4, 0.5) is 8.78 Å². The van der Waals surface area contributed by atoms with Gasteiger partial charge < -0.3 is 9.80 Å². The molecule has 2 aliphatic heterocycles. The smallest absolute Gasteiger partial charge is 0.242 e. The molecule has 2 saturated heterocycles. The lowest BCUT2D eigenvalue weighted by Gasteiger charge is -2.34. The second-order valence-corrected chi connectivity index (χ2v) is 7.04. The van der Waals surface area contributed by atoms with Crippen molar-refractivity contribution in [3.8, 4) is 0 Å². The molecule has 0 unspecified atom stereocenters. The summed E-state index contributed by atoms with van der Waals surface area (Å²) in [6, 6.07) is 3.69. The highest BCUT2D eigenvalue weighted by atomic mass is 19.1. The molecule has 2 heterocycles. The van der Waals surface area contributed by atoms with E-state index >= 15 is 0 Å². The molecule has 6 heteroatoms. The molecule has 0 spiro atoms. The maximum atomic E-state index is 13.7. The van der Waals surface area contributed by atoms with Crippen molar-refractivity contribution in [3.05, 3.63) is 35.4 Å². The number of carbonyl (C=O) groups excluding carboxylic acids is 2. The third-order valence-corrected chi connectivity index (χ3v) is 5.21. The Morgan fingerprint density at radius 2 is 2.04 bits per heavy atom. The fraction of sp³-hybridized carbons (Fsp3) is 0.579. The Kier molecular flexibility index (Phi) is 5.66. The summed E-state index contributed by atoms with van der Waals surface area (Å²) in [5.41, 5.74) is 0.521. The van der Waals surface area contributed by atoms with Gasteiger partial charge in [0.1, 0.15) is 11.6 Å². The lowest BCUT2D eigenvalue weighted by atomic mass is 9.91. The third-order valence-electron chi connectivity index (χ3n) is 5.21. The quantitative estimate of drug-likeness (QED) is 0.819. The molecule has 0 radical (unpaired) electrons. The van der Waals surface area contributed by atoms with E-state index in [1.807, 2.05) is 4.90 Å². The Labute approximate surface area is 146 Å². The molecule has 0 bridgehead atoms. The van der Waals surface area contributed by atoms with E-state index in [1.54, 1.807) is 4.90 Å². The minimum Gasteiger partial charge on any atom is -0.341 e. The molecule has 4 nitrogen and oxygen atoms in total. The van der Waals surface area contributed by atoms with Gasteiger partial charge in [0.2, 0.25) is 11.8 Å². The molecule has 1 aromatic carbocycles. The van der Waals surface area contributed by atoms with E-state index in [1.165, 1.54) is 12.1 Å². The van der Waals surface area contributed by atoms with Gasteiger partial charge in [0.05, 0.1) is 6.54 Å². The first kappa shape index (κ1) is 17.8. The monoisotopic (exact) mass is 350 g/mol. The molecule has 25 heavy (non-hydrogen) atoms. The predicted molar refractivity (Wildman–Crippen MR) is 89.8 cm³/mol. The Bertz CT molecular complexity index is 650. The minimum atomic E-state index is -0.563. The van der Waals surface area contributed by atoms with Crippen molar-refractivity contribution in [2.24, 2.45) is 5.92 Å². The zero-order chi connectivity index (χ0) is 17.8. The van der Waals surface area contributed by atoms with Gasteiger partial charge in [-0.25, -0.2) is 8.78 Å². The number of amides is 2. The molecule has 2 amide bonds. The Morgan fingerprint density at radius 1 is 1.20 bits per heavy atom. The highest BCUT2D eigenvalue weighted by molar-refractivity contribution is 5.85. The molecule has 0 saturated carbocycles. The van der Waals surface area contributed by atoms with E-state index in [0.29, 0.717) is 37.4 Å². The van der Waals surface area contributed by atoms with E-state index in [9.17, 15) is 18.4 Å². The third kappa shape index (κ3) is 4.55. The second kappa shape index (κ2) is 7.93. The molecule has 1 atom stereocenters. The summed E-state index contributed by atoms with van der Waals surface area (Å²) >= 11 is 0. The molecule has 0 aromatic heterocycles. The van der Waals surface area contributed by atoms with Crippen LogP contribution < -0.4 is 0 Å². The number of nitrogens with zero attached hydrogens (tertiary/aromatic N) is 2. The lowest BCUT2D eigenvalue weighted by Crippen LogP contribution is -2.45. The number of rotatable bonds is 5. The Morgan fingerprint density at radius 3 is 2.76 bits per heavy atom. The summed E-state index contributed by atoms with van der Waals surface area (Å²) in [7, 11) is 0. The molecule has 1 aromatic rings. The van der Waals surface area contributed by atoms with Crippen molar-refractivity contribution in [3.63, 3.8) is 0 Å². The van der Waals surface area contributed by atoms with Crippen molar-refractivity contribution < 1.29 is 18.4 Å². The molecule has 2 fully saturated rings. The van der Waals surface area contributed by atoms with Crippen LogP contribution in [0.3, 0.4) is 0 Å². The van der Waals surface area contributed by atoms with Crippen molar-refractivity contribution in [2.45, 2.75) is 38.5 Å². The molecule has 0 aliphatic carbocycles. The summed E-state index contributed by atoms with van der Waals surface area (Å²) in [6.45, 7) is 2.23. The number of aryl methyl sites for hydroxylation is 1. The number of hydrogen-bond donors (Lipinski definition) is 0. The zero-order valence-corrected chi connectivity index (χ0v) is 14.3. The number of hydrogen-bond acceptors (Lipinski definition) is 2. The van der Waals surface area contributed by atoms with Crippen LogP contribution in [-0.4, -0.2) is 47.8 Å². The standard InChI is InChI=1S/C19H24F2N2O2/c20-16-8-7-15(17(21)11-16)6-5-14-3-1-9-22(12-14)19(25)13-23-10-2-4-18(23)24/h7-8,11,14H,1-6,9-10,12-13H2/t14-/m1/s1. The van der Waals surface area contributed by atoms with Crippen LogP contribution in [0.2, 0.25) is 0 Å². The highest BCUT2D eigenvalue weighted by Gasteiger charge is 2.28. The summed E-state index contributed by atoms with van der Waals surface area (Å²) in [4.78, 5) is 27.6. The van der Waals surface area contributed by atoms with Gasteiger partial charge in [0.15, 0.2) is 0 Å². The van der Waals surface area contributed by atoms with E-state index in [-0.39, 0.29) is 18.4 Å². The first-order valence-corrected chi connectivity index (χ1v) is 9.02. The topological polar surface area (TPSA) is 40.6 Å². The normalized spacial score (nSPS) is 21.0. The number of halogens is 2. The van der Waals surface area contributed by atoms with Gasteiger partial charge in [0, 0.05) is 32.1 Å². The van der Waals surface area contributed by atoms with Gasteiger partial charge >= 0.3 is 0 Å². The van der Waals surface area contributed by atoms with Crippen molar-refractivity contribution in [1.29, 1.82) is 0 Å². The molecule has 136 valence electrons. The Balaban J connectivity index is 1.50. The molecular weight excluding hydrogens is 326 g/mol. The number of benzene rings is 1. The number of carbonyl (C=O) groups is 2. The summed E-state index contributed by atoms with van der Waals surface area (Å²) in [5, 5.41) is 0. The molecular formula is C19H24F2N2O2. The van der Waals surface area contributed by atoms with E-state index in [2.05, 4.69) is 0 Å². The van der Waals surface area contributed by atoms with E-state index < -0.39 is 11.6 Å². The van der Waals surface area contributed by atoms with Crippen LogP contribution in [0.1, 0.15) is 37.7 Å². The van der Waals surface area contributed by atoms with Gasteiger partial charge in [-0.3, -0.25) is 9.59 Å². The first-order chi connectivity index (χ1) is 12.0. The Hall–Kier alpha value is -1.98. The van der Waals surface area contributed by atoms with E-state index in [0.717, 1.165) is 38.3 Å². The van der Waals surface area contributed by atoms with Crippen LogP contribution in [0.25, 0.3) is 0 Å². The van der Waals surface area contributed by atoms with Gasteiger partial charge in [-0.15, -0.1) is 0 Å². The summed E-state index contributed by atoms with van der Waals surface area (Å²) < 4.78 is 26.7. The van der Waals surface area contributed by atoms with Gasteiger partial charge in [-0.2, -0.15) is 0 Å². The summed E-state index contributed by atoms with van der Waals surface area (Å²) in [5.74, 6) is -0.679. The number of piperidine rings is 1.